The highest BCUT2D eigenvalue weighted by Crippen LogP contribution is 2.19. The summed E-state index contributed by atoms with van der Waals surface area (Å²) in [6.07, 6.45) is 3.39. The molecule has 0 saturated heterocycles. The third kappa shape index (κ3) is 3.52. The quantitative estimate of drug-likeness (QED) is 0.723. The van der Waals surface area contributed by atoms with Crippen LogP contribution >= 0.6 is 0 Å². The highest BCUT2D eigenvalue weighted by Gasteiger charge is 1.98. The first kappa shape index (κ1) is 13.1. The monoisotopic (exact) mass is 231 g/mol. The molecule has 2 aromatic rings. The number of nitrogens with zero attached hydrogens (tertiary/aromatic N) is 1. The van der Waals surface area contributed by atoms with Gasteiger partial charge in [-0.1, -0.05) is 38.6 Å². The molecule has 17 heavy (non-hydrogen) atoms. The van der Waals surface area contributed by atoms with Gasteiger partial charge in [0, 0.05) is 13.2 Å². The molecule has 0 amide bonds. The van der Waals surface area contributed by atoms with Gasteiger partial charge in [0.25, 0.3) is 0 Å². The van der Waals surface area contributed by atoms with Crippen LogP contribution in [0, 0.1) is 5.82 Å². The molecule has 0 N–H and O–H groups in total. The van der Waals surface area contributed by atoms with E-state index in [1.54, 1.807) is 18.3 Å². The molecule has 90 valence electrons. The summed E-state index contributed by atoms with van der Waals surface area (Å²) < 4.78 is 13.0. The first-order valence-corrected chi connectivity index (χ1v) is 5.64. The number of rotatable bonds is 2. The first-order valence-electron chi connectivity index (χ1n) is 5.64. The van der Waals surface area contributed by atoms with E-state index in [-0.39, 0.29) is 7.24 Å². The van der Waals surface area contributed by atoms with Gasteiger partial charge in [-0.3, -0.25) is 4.98 Å². The summed E-state index contributed by atoms with van der Waals surface area (Å²) in [5.74, 6) is -0.236. The minimum atomic E-state index is -0.236. The van der Waals surface area contributed by atoms with Gasteiger partial charge >= 0.3 is 0 Å². The summed E-state index contributed by atoms with van der Waals surface area (Å²) in [5.41, 5.74) is 2.55. The lowest BCUT2D eigenvalue weighted by atomic mass is 10.1. The lowest BCUT2D eigenvalue weighted by Gasteiger charge is -2.01. The van der Waals surface area contributed by atoms with E-state index in [0.717, 1.165) is 16.8 Å². The Morgan fingerprint density at radius 2 is 1.94 bits per heavy atom. The fourth-order valence-electron chi connectivity index (χ4n) is 1.36. The fourth-order valence-corrected chi connectivity index (χ4v) is 1.36. The molecule has 1 aromatic carbocycles. The number of hydrogen-bond donors (Lipinski definition) is 0. The van der Waals surface area contributed by atoms with E-state index in [4.69, 9.17) is 0 Å². The van der Waals surface area contributed by atoms with E-state index in [1.165, 1.54) is 12.1 Å². The second-order valence-electron chi connectivity index (χ2n) is 3.19. The van der Waals surface area contributed by atoms with Crippen LogP contribution in [0.15, 0.2) is 49.2 Å². The Bertz CT molecular complexity index is 480. The predicted octanol–water partition coefficient (Wildman–Crippen LogP) is 4.80. The minimum absolute atomic E-state index is 0. The molecule has 0 spiro atoms. The zero-order chi connectivity index (χ0) is 12.7. The molecule has 0 aliphatic heterocycles. The molecule has 0 aliphatic carbocycles. The zero-order valence-corrected chi connectivity index (χ0v) is 10.2. The average molecular weight is 231 g/mol. The van der Waals surface area contributed by atoms with Gasteiger partial charge in [0.1, 0.15) is 5.82 Å². The van der Waals surface area contributed by atoms with Gasteiger partial charge in [0.2, 0.25) is 0 Å². The Kier molecular flexibility index (Phi) is 5.08. The lowest BCUT2D eigenvalue weighted by molar-refractivity contribution is 0.628. The molecule has 1 aromatic heterocycles. The Morgan fingerprint density at radius 1 is 1.18 bits per heavy atom. The van der Waals surface area contributed by atoms with E-state index in [9.17, 15) is 4.39 Å². The summed E-state index contributed by atoms with van der Waals surface area (Å²) in [6.45, 7) is 7.62. The van der Waals surface area contributed by atoms with Crippen LogP contribution in [-0.2, 0) is 0 Å². The van der Waals surface area contributed by atoms with Crippen LogP contribution in [0.2, 0.25) is 0 Å². The minimum Gasteiger partial charge on any atom is -0.256 e. The molecule has 0 atom stereocenters. The summed E-state index contributed by atoms with van der Waals surface area (Å²) in [4.78, 5) is 4.16. The molecule has 0 unspecified atom stereocenters. The molecule has 0 bridgehead atoms. The smallest absolute Gasteiger partial charge is 0.123 e. The van der Waals surface area contributed by atoms with Crippen molar-refractivity contribution >= 4 is 6.08 Å². The molecule has 0 radical (unpaired) electrons. The summed E-state index contributed by atoms with van der Waals surface area (Å²) in [7, 11) is 0. The second-order valence-corrected chi connectivity index (χ2v) is 3.19. The number of aromatic nitrogens is 1. The number of benzene rings is 1. The normalized spacial score (nSPS) is 9.12. The van der Waals surface area contributed by atoms with Crippen LogP contribution < -0.4 is 0 Å². The van der Waals surface area contributed by atoms with Gasteiger partial charge in [-0.05, 0) is 29.8 Å². The topological polar surface area (TPSA) is 12.9 Å². The summed E-state index contributed by atoms with van der Waals surface area (Å²) in [5, 5.41) is 0. The van der Waals surface area contributed by atoms with Gasteiger partial charge in [-0.25, -0.2) is 4.39 Å². The number of hydrogen-bond acceptors (Lipinski definition) is 1. The van der Waals surface area contributed by atoms with Crippen molar-refractivity contribution in [2.45, 2.75) is 13.8 Å². The number of halogens is 1. The molecule has 1 nitrogen and oxygen atoms in total. The largest absolute Gasteiger partial charge is 0.256 e. The maximum atomic E-state index is 13.0. The van der Waals surface area contributed by atoms with Crippen molar-refractivity contribution in [2.24, 2.45) is 0 Å². The van der Waals surface area contributed by atoms with Crippen molar-refractivity contribution in [1.29, 1.82) is 0 Å². The van der Waals surface area contributed by atoms with E-state index in [2.05, 4.69) is 11.6 Å². The van der Waals surface area contributed by atoms with Crippen molar-refractivity contribution in [2.75, 3.05) is 0 Å². The molecule has 2 heteroatoms. The van der Waals surface area contributed by atoms with E-state index >= 15 is 0 Å². The number of pyridine rings is 1. The van der Waals surface area contributed by atoms with E-state index in [0.29, 0.717) is 0 Å². The van der Waals surface area contributed by atoms with Gasteiger partial charge < -0.3 is 0 Å². The van der Waals surface area contributed by atoms with Crippen molar-refractivity contribution in [3.63, 3.8) is 0 Å². The molecule has 0 fully saturated rings. The zero-order valence-electron chi connectivity index (χ0n) is 10.2. The Morgan fingerprint density at radius 3 is 2.47 bits per heavy atom. The third-order valence-electron chi connectivity index (χ3n) is 2.15. The van der Waals surface area contributed by atoms with Crippen molar-refractivity contribution in [3.05, 3.63) is 60.7 Å². The van der Waals surface area contributed by atoms with Crippen LogP contribution in [0.1, 0.15) is 21.0 Å². The third-order valence-corrected chi connectivity index (χ3v) is 2.15. The highest BCUT2D eigenvalue weighted by atomic mass is 19.1. The average Bonchev–Trinajstić information content (AvgIpc) is 2.41. The van der Waals surface area contributed by atoms with Crippen LogP contribution in [0.5, 0.6) is 0 Å². The molecular formula is C15H18FN. The maximum Gasteiger partial charge on any atom is 0.123 e. The molecule has 0 aliphatic rings. The Labute approximate surface area is 103 Å². The molecule has 2 rings (SSSR count). The van der Waals surface area contributed by atoms with Gasteiger partial charge in [0.05, 0.1) is 5.69 Å². The van der Waals surface area contributed by atoms with E-state index in [1.807, 2.05) is 32.0 Å². The lowest BCUT2D eigenvalue weighted by Crippen LogP contribution is -1.83. The van der Waals surface area contributed by atoms with Crippen molar-refractivity contribution < 1.29 is 5.82 Å². The van der Waals surface area contributed by atoms with Crippen LogP contribution in [0.25, 0.3) is 17.2 Å². The molecule has 0 saturated carbocycles. The Balaban J connectivity index is 0.000000917. The van der Waals surface area contributed by atoms with Crippen LogP contribution in [0.4, 0.5) is 4.39 Å². The standard InChI is InChI=1S/C13H10FN.C2H6.H2/c1-2-13-7-6-11(9-15-13)10-4-3-5-12(14)8-10;1-2;/h2-9H,1H2;1-2H3;1H. The SMILES string of the molecule is C=Cc1ccc(-c2cccc(F)c2)cn1.CC.[HH]. The van der Waals surface area contributed by atoms with Gasteiger partial charge in [0.15, 0.2) is 0 Å². The molecular weight excluding hydrogens is 213 g/mol. The summed E-state index contributed by atoms with van der Waals surface area (Å²) >= 11 is 0. The van der Waals surface area contributed by atoms with Gasteiger partial charge in [-0.15, -0.1) is 0 Å². The summed E-state index contributed by atoms with van der Waals surface area (Å²) in [6, 6.07) is 10.2. The first-order chi connectivity index (χ1) is 8.29. The highest BCUT2D eigenvalue weighted by molar-refractivity contribution is 5.63. The van der Waals surface area contributed by atoms with Crippen LogP contribution in [-0.4, -0.2) is 4.98 Å². The predicted molar refractivity (Wildman–Crippen MR) is 73.2 cm³/mol. The Hall–Kier alpha value is -1.96. The molecule has 1 heterocycles. The van der Waals surface area contributed by atoms with E-state index < -0.39 is 0 Å². The van der Waals surface area contributed by atoms with Crippen molar-refractivity contribution in [3.8, 4) is 11.1 Å². The van der Waals surface area contributed by atoms with Crippen molar-refractivity contribution in [1.82, 2.24) is 4.98 Å². The van der Waals surface area contributed by atoms with Crippen LogP contribution in [0.3, 0.4) is 0 Å². The van der Waals surface area contributed by atoms with Gasteiger partial charge in [-0.2, -0.15) is 0 Å². The second kappa shape index (κ2) is 6.59. The maximum absolute atomic E-state index is 13.0. The fraction of sp³-hybridized carbons (Fsp3) is 0.133.